The minimum Gasteiger partial charge on any atom is -0.412 e. The van der Waals surface area contributed by atoms with Gasteiger partial charge in [0.1, 0.15) is 13.3 Å². The molecule has 1 aromatic rings. The molecule has 1 aliphatic rings. The molecule has 0 bridgehead atoms. The van der Waals surface area contributed by atoms with E-state index in [2.05, 4.69) is 65.0 Å². The summed E-state index contributed by atoms with van der Waals surface area (Å²) in [6.45, 7) is 17.0. The summed E-state index contributed by atoms with van der Waals surface area (Å²) in [7, 11) is -7.77. The summed E-state index contributed by atoms with van der Waals surface area (Å²) in [4.78, 5) is 13.1. The first-order valence-corrected chi connectivity index (χ1v) is 18.0. The number of sulfone groups is 1. The van der Waals surface area contributed by atoms with Gasteiger partial charge < -0.3 is 4.43 Å². The maximum Gasteiger partial charge on any atom is 0.192 e. The van der Waals surface area contributed by atoms with Crippen molar-refractivity contribution in [3.05, 3.63) is 30.3 Å². The van der Waals surface area contributed by atoms with Gasteiger partial charge in [0.05, 0.1) is 16.9 Å². The van der Waals surface area contributed by atoms with Crippen molar-refractivity contribution in [3.63, 3.8) is 0 Å². The fraction of sp³-hybridized carbons (Fsp3) is 0.591. The second-order valence-electron chi connectivity index (χ2n) is 10.4. The first-order valence-electron chi connectivity index (χ1n) is 10.1. The lowest BCUT2D eigenvalue weighted by Gasteiger charge is -2.39. The first kappa shape index (κ1) is 24.1. The number of carbonyl (C=O) groups is 1. The van der Waals surface area contributed by atoms with Crippen molar-refractivity contribution in [1.82, 2.24) is 0 Å². The molecule has 160 valence electrons. The molecule has 2 rings (SSSR count). The van der Waals surface area contributed by atoms with Crippen molar-refractivity contribution >= 4 is 32.0 Å². The fourth-order valence-corrected chi connectivity index (χ4v) is 6.94. The van der Waals surface area contributed by atoms with Crippen molar-refractivity contribution in [3.8, 4) is 11.5 Å². The molecule has 0 amide bonds. The van der Waals surface area contributed by atoms with Crippen LogP contribution in [0.3, 0.4) is 0 Å². The predicted octanol–water partition coefficient (Wildman–Crippen LogP) is 4.69. The quantitative estimate of drug-likeness (QED) is 0.493. The van der Waals surface area contributed by atoms with Crippen LogP contribution in [0.1, 0.15) is 27.2 Å². The molecular formula is C22H34O4SSi2. The largest absolute Gasteiger partial charge is 0.412 e. The van der Waals surface area contributed by atoms with Crippen molar-refractivity contribution in [2.45, 2.75) is 81.2 Å². The van der Waals surface area contributed by atoms with Crippen molar-refractivity contribution in [2.24, 2.45) is 5.92 Å². The Balaban J connectivity index is 2.53. The Kier molecular flexibility index (Phi) is 6.76. The Morgan fingerprint density at radius 3 is 2.07 bits per heavy atom. The molecule has 1 saturated carbocycles. The molecule has 1 fully saturated rings. The zero-order valence-electron chi connectivity index (χ0n) is 18.9. The predicted molar refractivity (Wildman–Crippen MR) is 124 cm³/mol. The number of benzene rings is 1. The summed E-state index contributed by atoms with van der Waals surface area (Å²) in [5.74, 6) is 2.30. The van der Waals surface area contributed by atoms with Gasteiger partial charge in [0.15, 0.2) is 23.9 Å². The molecule has 7 heteroatoms. The van der Waals surface area contributed by atoms with Gasteiger partial charge >= 0.3 is 0 Å². The average molecular weight is 451 g/mol. The third-order valence-electron chi connectivity index (χ3n) is 5.72. The van der Waals surface area contributed by atoms with Crippen LogP contribution in [0.15, 0.2) is 35.2 Å². The van der Waals surface area contributed by atoms with Crippen molar-refractivity contribution < 1.29 is 17.6 Å². The Morgan fingerprint density at radius 2 is 1.59 bits per heavy atom. The number of carbonyl (C=O) groups excluding carboxylic acids is 1. The van der Waals surface area contributed by atoms with Crippen LogP contribution in [-0.2, 0) is 19.1 Å². The highest BCUT2D eigenvalue weighted by atomic mass is 32.2. The van der Waals surface area contributed by atoms with Gasteiger partial charge in [0.25, 0.3) is 0 Å². The van der Waals surface area contributed by atoms with Gasteiger partial charge in [-0.25, -0.2) is 8.42 Å². The Bertz CT molecular complexity index is 914. The fourth-order valence-electron chi connectivity index (χ4n) is 3.10. The maximum absolute atomic E-state index is 13.4. The van der Waals surface area contributed by atoms with E-state index in [1.807, 2.05) is 0 Å². The average Bonchev–Trinajstić information content (AvgIpc) is 2.87. The molecule has 0 radical (unpaired) electrons. The highest BCUT2D eigenvalue weighted by molar-refractivity contribution is 7.92. The highest BCUT2D eigenvalue weighted by Gasteiger charge is 2.52. The van der Waals surface area contributed by atoms with Gasteiger partial charge in [-0.3, -0.25) is 4.79 Å². The van der Waals surface area contributed by atoms with Crippen LogP contribution in [0.4, 0.5) is 0 Å². The van der Waals surface area contributed by atoms with E-state index in [1.165, 1.54) is 0 Å². The lowest BCUT2D eigenvalue weighted by molar-refractivity contribution is -0.117. The van der Waals surface area contributed by atoms with Gasteiger partial charge in [-0.1, -0.05) is 58.6 Å². The number of rotatable bonds is 4. The van der Waals surface area contributed by atoms with E-state index in [0.717, 1.165) is 0 Å². The molecule has 3 atom stereocenters. The van der Waals surface area contributed by atoms with Gasteiger partial charge in [-0.15, -0.1) is 11.5 Å². The van der Waals surface area contributed by atoms with Gasteiger partial charge in [0, 0.05) is 6.42 Å². The van der Waals surface area contributed by atoms with Gasteiger partial charge in [-0.2, -0.15) is 0 Å². The summed E-state index contributed by atoms with van der Waals surface area (Å²) < 4.78 is 33.3. The number of ketones is 1. The monoisotopic (exact) mass is 450 g/mol. The number of hydrogen-bond acceptors (Lipinski definition) is 4. The van der Waals surface area contributed by atoms with Crippen molar-refractivity contribution in [1.29, 1.82) is 0 Å². The van der Waals surface area contributed by atoms with E-state index in [4.69, 9.17) is 4.43 Å². The van der Waals surface area contributed by atoms with Gasteiger partial charge in [-0.05, 0) is 30.3 Å². The minimum absolute atomic E-state index is 0.0385. The summed E-state index contributed by atoms with van der Waals surface area (Å²) in [6.07, 6.45) is -0.371. The second-order valence-corrected chi connectivity index (χ2v) is 22.0. The molecule has 0 heterocycles. The van der Waals surface area contributed by atoms with Crippen LogP contribution in [0.5, 0.6) is 0 Å². The van der Waals surface area contributed by atoms with E-state index in [9.17, 15) is 13.2 Å². The van der Waals surface area contributed by atoms with Crippen molar-refractivity contribution in [2.75, 3.05) is 0 Å². The molecule has 0 aliphatic heterocycles. The summed E-state index contributed by atoms with van der Waals surface area (Å²) >= 11 is 0. The molecule has 4 nitrogen and oxygen atoms in total. The third kappa shape index (κ3) is 5.49. The second kappa shape index (κ2) is 8.14. The SMILES string of the molecule is CC(C)(C)[Si](C)(C)O[C@H]1CC(=O)[C@@H](S(=O)(=O)c2ccccc2)[C@@H]1C#C[Si](C)(C)C. The molecule has 1 aliphatic carbocycles. The molecule has 0 N–H and O–H groups in total. The zero-order valence-corrected chi connectivity index (χ0v) is 21.7. The van der Waals surface area contributed by atoms with E-state index < -0.39 is 43.5 Å². The number of Topliss-reactive ketones (excluding diaryl/α,β-unsaturated/α-hetero) is 1. The topological polar surface area (TPSA) is 60.4 Å². The Hall–Kier alpha value is -1.21. The molecule has 1 aromatic carbocycles. The van der Waals surface area contributed by atoms with Crippen LogP contribution in [-0.4, -0.2) is 41.9 Å². The molecular weight excluding hydrogens is 416 g/mol. The van der Waals surface area contributed by atoms with Crippen LogP contribution in [0, 0.1) is 17.4 Å². The normalized spacial score (nSPS) is 23.6. The third-order valence-corrected chi connectivity index (χ3v) is 13.3. The first-order chi connectivity index (χ1) is 13.1. The molecule has 0 aromatic heterocycles. The van der Waals surface area contributed by atoms with Gasteiger partial charge in [0.2, 0.25) is 0 Å². The highest BCUT2D eigenvalue weighted by Crippen LogP contribution is 2.42. The summed E-state index contributed by atoms with van der Waals surface area (Å²) in [5, 5.41) is -1.20. The lowest BCUT2D eigenvalue weighted by Crippen LogP contribution is -2.45. The van der Waals surface area contributed by atoms with E-state index >= 15 is 0 Å². The molecule has 0 spiro atoms. The van der Waals surface area contributed by atoms with Crippen LogP contribution < -0.4 is 0 Å². The Labute approximate surface area is 178 Å². The lowest BCUT2D eigenvalue weighted by atomic mass is 10.1. The van der Waals surface area contributed by atoms with Crippen LogP contribution in [0.2, 0.25) is 37.8 Å². The van der Waals surface area contributed by atoms with Crippen LogP contribution in [0.25, 0.3) is 0 Å². The molecule has 29 heavy (non-hydrogen) atoms. The molecule has 0 saturated heterocycles. The van der Waals surface area contributed by atoms with Crippen LogP contribution >= 0.6 is 0 Å². The smallest absolute Gasteiger partial charge is 0.192 e. The minimum atomic E-state index is -3.83. The summed E-state index contributed by atoms with van der Waals surface area (Å²) in [6, 6.07) is 8.22. The molecule has 0 unspecified atom stereocenters. The maximum atomic E-state index is 13.4. The van der Waals surface area contributed by atoms with E-state index in [0.29, 0.717) is 0 Å². The number of hydrogen-bond donors (Lipinski definition) is 0. The van der Waals surface area contributed by atoms with E-state index in [1.54, 1.807) is 30.3 Å². The Morgan fingerprint density at radius 1 is 1.03 bits per heavy atom. The summed E-state index contributed by atoms with van der Waals surface area (Å²) in [5.41, 5.74) is 3.30. The standard InChI is InChI=1S/C22H34O4SSi2/c1-22(2,3)29(7,8)26-20-16-19(23)21(18(20)14-15-28(4,5)6)27(24,25)17-12-10-9-11-13-17/h9-13,18,20-21H,16H2,1-8H3/t18-,20+,21+/m1/s1. The zero-order chi connectivity index (χ0) is 22.3. The van der Waals surface area contributed by atoms with E-state index in [-0.39, 0.29) is 22.1 Å².